The van der Waals surface area contributed by atoms with Crippen molar-refractivity contribution in [2.24, 2.45) is 5.73 Å². The Bertz CT molecular complexity index is 535. The fraction of sp³-hybridized carbons (Fsp3) is 0.400. The van der Waals surface area contributed by atoms with Crippen LogP contribution >= 0.6 is 0 Å². The molecule has 0 amide bonds. The molecule has 0 bridgehead atoms. The van der Waals surface area contributed by atoms with Gasteiger partial charge < -0.3 is 10.3 Å². The van der Waals surface area contributed by atoms with Crippen molar-refractivity contribution in [3.05, 3.63) is 53.6 Å². The van der Waals surface area contributed by atoms with E-state index in [2.05, 4.69) is 47.7 Å². The molecule has 0 aliphatic carbocycles. The quantitative estimate of drug-likeness (QED) is 0.900. The number of imidazole rings is 1. The number of benzene rings is 1. The van der Waals surface area contributed by atoms with E-state index in [0.29, 0.717) is 0 Å². The second kappa shape index (κ2) is 4.58. The summed E-state index contributed by atoms with van der Waals surface area (Å²) in [7, 11) is 0. The van der Waals surface area contributed by atoms with Gasteiger partial charge >= 0.3 is 0 Å². The second-order valence-corrected chi connectivity index (χ2v) is 5.44. The number of rotatable bonds is 3. The Balaban J connectivity index is 2.45. The van der Waals surface area contributed by atoms with E-state index >= 15 is 0 Å². The van der Waals surface area contributed by atoms with Crippen LogP contribution in [-0.2, 0) is 5.54 Å². The second-order valence-electron chi connectivity index (χ2n) is 5.44. The van der Waals surface area contributed by atoms with Crippen LogP contribution in [0.4, 0.5) is 0 Å². The number of aromatic nitrogens is 2. The van der Waals surface area contributed by atoms with Gasteiger partial charge in [-0.25, -0.2) is 4.98 Å². The Morgan fingerprint density at radius 2 is 1.94 bits per heavy atom. The Labute approximate surface area is 109 Å². The summed E-state index contributed by atoms with van der Waals surface area (Å²) in [5, 5.41) is 0. The van der Waals surface area contributed by atoms with E-state index in [1.54, 1.807) is 0 Å². The zero-order valence-electron chi connectivity index (χ0n) is 11.5. The number of hydrogen-bond acceptors (Lipinski definition) is 2. The molecule has 2 aromatic rings. The Morgan fingerprint density at radius 1 is 1.28 bits per heavy atom. The Hall–Kier alpha value is -1.61. The monoisotopic (exact) mass is 243 g/mol. The molecule has 1 aromatic carbocycles. The standard InChI is InChI=1S/C15H21N3/c1-11-7-5-6-8-13(11)12(2)18-10-17-9-14(18)15(3,4)16/h5-10,12H,16H2,1-4H3. The summed E-state index contributed by atoms with van der Waals surface area (Å²) in [6.45, 7) is 8.32. The fourth-order valence-electron chi connectivity index (χ4n) is 2.32. The summed E-state index contributed by atoms with van der Waals surface area (Å²) in [5.74, 6) is 0. The molecule has 0 aliphatic heterocycles. The van der Waals surface area contributed by atoms with Crippen LogP contribution in [0.25, 0.3) is 0 Å². The Morgan fingerprint density at radius 3 is 2.56 bits per heavy atom. The summed E-state index contributed by atoms with van der Waals surface area (Å²) < 4.78 is 2.16. The first-order valence-electron chi connectivity index (χ1n) is 6.28. The lowest BCUT2D eigenvalue weighted by Crippen LogP contribution is -2.32. The van der Waals surface area contributed by atoms with Crippen molar-refractivity contribution in [2.45, 2.75) is 39.3 Å². The maximum absolute atomic E-state index is 6.20. The zero-order valence-corrected chi connectivity index (χ0v) is 11.5. The summed E-state index contributed by atoms with van der Waals surface area (Å²) in [6.07, 6.45) is 3.72. The van der Waals surface area contributed by atoms with E-state index in [4.69, 9.17) is 5.73 Å². The highest BCUT2D eigenvalue weighted by atomic mass is 15.1. The number of hydrogen-bond donors (Lipinski definition) is 1. The molecule has 96 valence electrons. The lowest BCUT2D eigenvalue weighted by Gasteiger charge is -2.25. The van der Waals surface area contributed by atoms with Gasteiger partial charge in [0, 0.05) is 0 Å². The van der Waals surface area contributed by atoms with Crippen LogP contribution in [0, 0.1) is 6.92 Å². The Kier molecular flexibility index (Phi) is 3.26. The topological polar surface area (TPSA) is 43.8 Å². The molecule has 2 N–H and O–H groups in total. The number of nitrogens with two attached hydrogens (primary N) is 1. The molecule has 0 saturated heterocycles. The van der Waals surface area contributed by atoms with Gasteiger partial charge in [-0.1, -0.05) is 24.3 Å². The van der Waals surface area contributed by atoms with E-state index in [9.17, 15) is 0 Å². The van der Waals surface area contributed by atoms with Crippen LogP contribution in [0.2, 0.25) is 0 Å². The molecular formula is C15H21N3. The van der Waals surface area contributed by atoms with Gasteiger partial charge in [0.1, 0.15) is 0 Å². The highest BCUT2D eigenvalue weighted by Crippen LogP contribution is 2.26. The first-order chi connectivity index (χ1) is 8.41. The fourth-order valence-corrected chi connectivity index (χ4v) is 2.32. The number of nitrogens with zero attached hydrogens (tertiary/aromatic N) is 2. The SMILES string of the molecule is Cc1ccccc1C(C)n1cncc1C(C)(C)N. The summed E-state index contributed by atoms with van der Waals surface area (Å²) in [4.78, 5) is 4.25. The van der Waals surface area contributed by atoms with Crippen LogP contribution < -0.4 is 5.73 Å². The van der Waals surface area contributed by atoms with Gasteiger partial charge in [0.2, 0.25) is 0 Å². The molecule has 1 heterocycles. The van der Waals surface area contributed by atoms with E-state index in [1.165, 1.54) is 11.1 Å². The molecule has 1 atom stereocenters. The van der Waals surface area contributed by atoms with E-state index in [-0.39, 0.29) is 11.6 Å². The average Bonchev–Trinajstić information content (AvgIpc) is 2.77. The van der Waals surface area contributed by atoms with Crippen molar-refractivity contribution in [1.82, 2.24) is 9.55 Å². The summed E-state index contributed by atoms with van der Waals surface area (Å²) in [5.41, 5.74) is 9.47. The number of aryl methyl sites for hydroxylation is 1. The molecule has 2 rings (SSSR count). The van der Waals surface area contributed by atoms with Crippen molar-refractivity contribution in [3.63, 3.8) is 0 Å². The van der Waals surface area contributed by atoms with Gasteiger partial charge in [0.05, 0.1) is 29.8 Å². The minimum atomic E-state index is -0.382. The van der Waals surface area contributed by atoms with E-state index < -0.39 is 0 Å². The molecule has 3 nitrogen and oxygen atoms in total. The molecule has 18 heavy (non-hydrogen) atoms. The predicted octanol–water partition coefficient (Wildman–Crippen LogP) is 2.99. The minimum Gasteiger partial charge on any atom is -0.326 e. The van der Waals surface area contributed by atoms with Crippen molar-refractivity contribution >= 4 is 0 Å². The van der Waals surface area contributed by atoms with Gasteiger partial charge in [0.25, 0.3) is 0 Å². The molecule has 3 heteroatoms. The van der Waals surface area contributed by atoms with Gasteiger partial charge in [-0.15, -0.1) is 0 Å². The molecule has 0 radical (unpaired) electrons. The molecule has 1 unspecified atom stereocenters. The van der Waals surface area contributed by atoms with E-state index in [0.717, 1.165) is 5.69 Å². The lowest BCUT2D eigenvalue weighted by molar-refractivity contribution is 0.477. The van der Waals surface area contributed by atoms with Gasteiger partial charge in [-0.3, -0.25) is 0 Å². The van der Waals surface area contributed by atoms with Gasteiger partial charge in [0.15, 0.2) is 0 Å². The summed E-state index contributed by atoms with van der Waals surface area (Å²) in [6, 6.07) is 8.67. The first-order valence-corrected chi connectivity index (χ1v) is 6.28. The maximum Gasteiger partial charge on any atom is 0.0954 e. The first kappa shape index (κ1) is 12.8. The van der Waals surface area contributed by atoms with Crippen LogP contribution in [0.1, 0.15) is 43.6 Å². The van der Waals surface area contributed by atoms with Crippen molar-refractivity contribution in [1.29, 1.82) is 0 Å². The molecule has 0 spiro atoms. The third-order valence-electron chi connectivity index (χ3n) is 3.38. The van der Waals surface area contributed by atoms with Crippen LogP contribution in [0.3, 0.4) is 0 Å². The van der Waals surface area contributed by atoms with Crippen LogP contribution in [-0.4, -0.2) is 9.55 Å². The molecular weight excluding hydrogens is 222 g/mol. The largest absolute Gasteiger partial charge is 0.326 e. The predicted molar refractivity (Wildman–Crippen MR) is 74.4 cm³/mol. The average molecular weight is 243 g/mol. The third kappa shape index (κ3) is 2.31. The molecule has 1 aromatic heterocycles. The van der Waals surface area contributed by atoms with Gasteiger partial charge in [-0.05, 0) is 38.8 Å². The van der Waals surface area contributed by atoms with Crippen molar-refractivity contribution in [2.75, 3.05) is 0 Å². The zero-order chi connectivity index (χ0) is 13.3. The summed E-state index contributed by atoms with van der Waals surface area (Å²) >= 11 is 0. The minimum absolute atomic E-state index is 0.242. The van der Waals surface area contributed by atoms with Gasteiger partial charge in [-0.2, -0.15) is 0 Å². The lowest BCUT2D eigenvalue weighted by atomic mass is 9.99. The molecule has 0 aliphatic rings. The third-order valence-corrected chi connectivity index (χ3v) is 3.38. The smallest absolute Gasteiger partial charge is 0.0954 e. The van der Waals surface area contributed by atoms with Crippen molar-refractivity contribution < 1.29 is 0 Å². The molecule has 0 saturated carbocycles. The highest BCUT2D eigenvalue weighted by molar-refractivity contribution is 5.30. The van der Waals surface area contributed by atoms with Crippen molar-refractivity contribution in [3.8, 4) is 0 Å². The van der Waals surface area contributed by atoms with Crippen LogP contribution in [0.5, 0.6) is 0 Å². The normalized spacial score (nSPS) is 13.6. The highest BCUT2D eigenvalue weighted by Gasteiger charge is 2.22. The van der Waals surface area contributed by atoms with E-state index in [1.807, 2.05) is 26.4 Å². The maximum atomic E-state index is 6.20. The van der Waals surface area contributed by atoms with Crippen LogP contribution in [0.15, 0.2) is 36.8 Å². The molecule has 0 fully saturated rings.